The van der Waals surface area contributed by atoms with E-state index in [0.29, 0.717) is 11.4 Å². The van der Waals surface area contributed by atoms with E-state index in [4.69, 9.17) is 21.7 Å². The third kappa shape index (κ3) is 5.22. The third-order valence-corrected chi connectivity index (χ3v) is 1.87. The van der Waals surface area contributed by atoms with Crippen molar-refractivity contribution in [3.63, 3.8) is 0 Å². The molecule has 17 heavy (non-hydrogen) atoms. The fourth-order valence-electron chi connectivity index (χ4n) is 0.975. The van der Waals surface area contributed by atoms with Gasteiger partial charge < -0.3 is 21.7 Å². The zero-order valence-electron chi connectivity index (χ0n) is 9.38. The Morgan fingerprint density at radius 3 is 1.12 bits per heavy atom. The first-order chi connectivity index (χ1) is 7.61. The molecule has 0 aliphatic heterocycles. The molecule has 0 saturated carbocycles. The molecule has 0 aliphatic carbocycles. The van der Waals surface area contributed by atoms with Crippen molar-refractivity contribution in [1.29, 1.82) is 0 Å². The summed E-state index contributed by atoms with van der Waals surface area (Å²) >= 11 is 0. The van der Waals surface area contributed by atoms with Gasteiger partial charge in [-0.2, -0.15) is 0 Å². The Hall–Kier alpha value is -1.74. The summed E-state index contributed by atoms with van der Waals surface area (Å²) in [6.07, 6.45) is 0. The number of phenols is 2. The predicted molar refractivity (Wildman–Crippen MR) is 65.0 cm³/mol. The summed E-state index contributed by atoms with van der Waals surface area (Å²) < 4.78 is 0. The van der Waals surface area contributed by atoms with E-state index in [-0.39, 0.29) is 31.0 Å². The maximum atomic E-state index is 8.79. The van der Waals surface area contributed by atoms with Gasteiger partial charge >= 0.3 is 0 Å². The first-order valence-corrected chi connectivity index (χ1v) is 4.68. The topological polar surface area (TPSA) is 92.5 Å². The molecule has 0 heterocycles. The number of anilines is 2. The van der Waals surface area contributed by atoms with Crippen molar-refractivity contribution >= 4 is 11.4 Å². The molecule has 4 nitrogen and oxygen atoms in total. The largest absolute Gasteiger partial charge is 0.506 e. The van der Waals surface area contributed by atoms with Gasteiger partial charge in [0.05, 0.1) is 11.4 Å². The maximum absolute atomic E-state index is 8.79. The van der Waals surface area contributed by atoms with Crippen molar-refractivity contribution in [2.45, 2.75) is 0 Å². The van der Waals surface area contributed by atoms with E-state index >= 15 is 0 Å². The third-order valence-electron chi connectivity index (χ3n) is 1.87. The summed E-state index contributed by atoms with van der Waals surface area (Å²) in [5.41, 5.74) is 11.4. The van der Waals surface area contributed by atoms with Crippen molar-refractivity contribution < 1.29 is 29.7 Å². The van der Waals surface area contributed by atoms with Crippen LogP contribution in [0.25, 0.3) is 0 Å². The predicted octanol–water partition coefficient (Wildman–Crippen LogP) is 1.95. The molecule has 2 rings (SSSR count). The van der Waals surface area contributed by atoms with E-state index in [1.807, 2.05) is 0 Å². The van der Waals surface area contributed by atoms with Crippen LogP contribution in [0.3, 0.4) is 0 Å². The summed E-state index contributed by atoms with van der Waals surface area (Å²) in [5, 5.41) is 17.6. The van der Waals surface area contributed by atoms with Crippen LogP contribution in [-0.4, -0.2) is 10.2 Å². The molecule has 0 amide bonds. The number of hydrogen-bond acceptors (Lipinski definition) is 4. The first-order valence-electron chi connectivity index (χ1n) is 4.68. The van der Waals surface area contributed by atoms with Crippen molar-refractivity contribution in [2.75, 3.05) is 11.5 Å². The molecule has 0 bridgehead atoms. The zero-order valence-corrected chi connectivity index (χ0v) is 12.3. The molecule has 86 valence electrons. The summed E-state index contributed by atoms with van der Waals surface area (Å²) in [6.45, 7) is 0. The number of para-hydroxylation sites is 4. The average molecular weight is 284 g/mol. The molecule has 6 N–H and O–H groups in total. The minimum Gasteiger partial charge on any atom is -0.506 e. The second kappa shape index (κ2) is 7.52. The van der Waals surface area contributed by atoms with Gasteiger partial charge in [0.25, 0.3) is 0 Å². The number of rotatable bonds is 0. The van der Waals surface area contributed by atoms with Gasteiger partial charge in [0.15, 0.2) is 0 Å². The van der Waals surface area contributed by atoms with Crippen LogP contribution in [-0.2, 0) is 19.5 Å². The van der Waals surface area contributed by atoms with E-state index in [9.17, 15) is 0 Å². The minimum absolute atomic E-state index is 0. The van der Waals surface area contributed by atoms with Gasteiger partial charge in [0.2, 0.25) is 0 Å². The number of hydrogen-bond donors (Lipinski definition) is 4. The summed E-state index contributed by atoms with van der Waals surface area (Å²) in [5.74, 6) is 0.292. The van der Waals surface area contributed by atoms with E-state index in [1.165, 1.54) is 0 Å². The van der Waals surface area contributed by atoms with Gasteiger partial charge in [-0.15, -0.1) is 0 Å². The fourth-order valence-corrected chi connectivity index (χ4v) is 0.975. The average Bonchev–Trinajstić information content (AvgIpc) is 2.28. The van der Waals surface area contributed by atoms with E-state index in [2.05, 4.69) is 0 Å². The van der Waals surface area contributed by atoms with Crippen LogP contribution in [0.4, 0.5) is 11.4 Å². The molecular formula is C12H14N2O2Zn. The molecule has 0 atom stereocenters. The van der Waals surface area contributed by atoms with Gasteiger partial charge in [-0.3, -0.25) is 0 Å². The second-order valence-electron chi connectivity index (χ2n) is 3.12. The summed E-state index contributed by atoms with van der Waals surface area (Å²) in [6, 6.07) is 13.4. The van der Waals surface area contributed by atoms with E-state index in [0.717, 1.165) is 0 Å². The zero-order chi connectivity index (χ0) is 12.0. The van der Waals surface area contributed by atoms with E-state index in [1.54, 1.807) is 48.5 Å². The Balaban J connectivity index is 0.000000284. The second-order valence-corrected chi connectivity index (χ2v) is 3.12. The number of benzene rings is 2. The smallest absolute Gasteiger partial charge is 0.138 e. The van der Waals surface area contributed by atoms with Gasteiger partial charge in [-0.25, -0.2) is 0 Å². The van der Waals surface area contributed by atoms with Crippen LogP contribution in [0, 0.1) is 0 Å². The van der Waals surface area contributed by atoms with Crippen LogP contribution in [0.15, 0.2) is 48.5 Å². The Kier molecular flexibility index (Phi) is 6.75. The molecule has 2 aromatic carbocycles. The van der Waals surface area contributed by atoms with Crippen molar-refractivity contribution in [1.82, 2.24) is 0 Å². The van der Waals surface area contributed by atoms with Crippen molar-refractivity contribution in [3.05, 3.63) is 48.5 Å². The molecule has 0 unspecified atom stereocenters. The minimum atomic E-state index is 0. The van der Waals surface area contributed by atoms with Crippen LogP contribution in [0.1, 0.15) is 0 Å². The van der Waals surface area contributed by atoms with Crippen molar-refractivity contribution in [2.24, 2.45) is 0 Å². The SMILES string of the molecule is Nc1ccccc1O.Nc1ccccc1O.[Zn]. The Bertz CT molecular complexity index is 378. The quantitative estimate of drug-likeness (QED) is 0.338. The van der Waals surface area contributed by atoms with Gasteiger partial charge in [0, 0.05) is 19.5 Å². The van der Waals surface area contributed by atoms with Crippen molar-refractivity contribution in [3.8, 4) is 11.5 Å². The van der Waals surface area contributed by atoms with Gasteiger partial charge in [0.1, 0.15) is 11.5 Å². The molecular weight excluding hydrogens is 270 g/mol. The molecule has 0 aromatic heterocycles. The normalized spacial score (nSPS) is 8.47. The summed E-state index contributed by atoms with van der Waals surface area (Å²) in [4.78, 5) is 0. The molecule has 5 heteroatoms. The Morgan fingerprint density at radius 1 is 0.647 bits per heavy atom. The standard InChI is InChI=1S/2C6H7NO.Zn/c2*7-5-3-1-2-4-6(5)8;/h2*1-4,8H,7H2;. The van der Waals surface area contributed by atoms with Crippen LogP contribution < -0.4 is 11.5 Å². The van der Waals surface area contributed by atoms with Crippen LogP contribution in [0.2, 0.25) is 0 Å². The molecule has 0 radical (unpaired) electrons. The molecule has 0 aliphatic rings. The Morgan fingerprint density at radius 2 is 0.941 bits per heavy atom. The number of nitrogens with two attached hydrogens (primary N) is 2. The molecule has 0 spiro atoms. The molecule has 2 aromatic rings. The van der Waals surface area contributed by atoms with Crippen LogP contribution in [0.5, 0.6) is 11.5 Å². The van der Waals surface area contributed by atoms with E-state index < -0.39 is 0 Å². The number of nitrogen functional groups attached to an aromatic ring is 2. The molecule has 0 saturated heterocycles. The molecule has 0 fully saturated rings. The first kappa shape index (κ1) is 15.3. The Labute approximate surface area is 113 Å². The maximum Gasteiger partial charge on any atom is 0.138 e. The summed E-state index contributed by atoms with van der Waals surface area (Å²) in [7, 11) is 0. The van der Waals surface area contributed by atoms with Crippen LogP contribution >= 0.6 is 0 Å². The monoisotopic (exact) mass is 282 g/mol. The number of aromatic hydroxyl groups is 2. The van der Waals surface area contributed by atoms with Gasteiger partial charge in [-0.1, -0.05) is 24.3 Å². The number of phenolic OH excluding ortho intramolecular Hbond substituents is 2. The fraction of sp³-hybridized carbons (Fsp3) is 0. The van der Waals surface area contributed by atoms with Gasteiger partial charge in [-0.05, 0) is 24.3 Å².